The zero-order valence-electron chi connectivity index (χ0n) is 7.39. The molecule has 0 aliphatic heterocycles. The summed E-state index contributed by atoms with van der Waals surface area (Å²) in [5, 5.41) is 2.86. The van der Waals surface area contributed by atoms with Crippen LogP contribution in [0.2, 0.25) is 0 Å². The Labute approximate surface area is 68.7 Å². The maximum atomic E-state index is 10.8. The molecule has 0 saturated heterocycles. The molecule has 0 aromatic carbocycles. The molecule has 0 aromatic heterocycles. The molecule has 0 aliphatic carbocycles. The fraction of sp³-hybridized carbons (Fsp3) is 0.667. The van der Waals surface area contributed by atoms with E-state index in [1.54, 1.807) is 0 Å². The van der Waals surface area contributed by atoms with Crippen LogP contribution < -0.4 is 5.32 Å². The van der Waals surface area contributed by atoms with Gasteiger partial charge in [-0.05, 0) is 18.9 Å². The minimum absolute atomic E-state index is 0.0645. The molecule has 0 bridgehead atoms. The van der Waals surface area contributed by atoms with Gasteiger partial charge in [0, 0.05) is 6.04 Å². The Morgan fingerprint density at radius 1 is 1.64 bits per heavy atom. The van der Waals surface area contributed by atoms with Crippen LogP contribution in [0.5, 0.6) is 0 Å². The molecular formula is C9H17NO. The molecule has 2 nitrogen and oxygen atoms in total. The Morgan fingerprint density at radius 2 is 2.27 bits per heavy atom. The number of carbonyl (C=O) groups excluding carboxylic acids is 1. The van der Waals surface area contributed by atoms with Gasteiger partial charge in [-0.3, -0.25) is 4.79 Å². The van der Waals surface area contributed by atoms with Crippen LogP contribution in [-0.4, -0.2) is 11.9 Å². The van der Waals surface area contributed by atoms with E-state index in [1.165, 1.54) is 6.08 Å². The summed E-state index contributed by atoms with van der Waals surface area (Å²) in [6.45, 7) is 7.58. The van der Waals surface area contributed by atoms with Crippen molar-refractivity contribution in [3.63, 3.8) is 0 Å². The van der Waals surface area contributed by atoms with Gasteiger partial charge in [-0.2, -0.15) is 0 Å². The first-order valence-electron chi connectivity index (χ1n) is 4.17. The lowest BCUT2D eigenvalue weighted by Gasteiger charge is -2.13. The highest BCUT2D eigenvalue weighted by molar-refractivity contribution is 5.87. The summed E-state index contributed by atoms with van der Waals surface area (Å²) in [5.41, 5.74) is 0. The highest BCUT2D eigenvalue weighted by Gasteiger charge is 2.05. The molecule has 0 radical (unpaired) electrons. The van der Waals surface area contributed by atoms with Gasteiger partial charge in [0.2, 0.25) is 5.91 Å². The molecule has 2 heteroatoms. The number of nitrogens with one attached hydrogen (secondary N) is 1. The van der Waals surface area contributed by atoms with Crippen molar-refractivity contribution in [1.82, 2.24) is 5.32 Å². The molecule has 1 amide bonds. The van der Waals surface area contributed by atoms with Crippen LogP contribution in [-0.2, 0) is 4.79 Å². The van der Waals surface area contributed by atoms with E-state index in [-0.39, 0.29) is 5.91 Å². The Balaban J connectivity index is 3.67. The monoisotopic (exact) mass is 155 g/mol. The molecule has 0 saturated carbocycles. The molecule has 0 aromatic rings. The lowest BCUT2D eigenvalue weighted by molar-refractivity contribution is -0.117. The van der Waals surface area contributed by atoms with Gasteiger partial charge in [0.1, 0.15) is 0 Å². The topological polar surface area (TPSA) is 29.1 Å². The zero-order chi connectivity index (χ0) is 8.69. The highest BCUT2D eigenvalue weighted by Crippen LogP contribution is 2.00. The minimum Gasteiger partial charge on any atom is -0.350 e. The predicted molar refractivity (Wildman–Crippen MR) is 47.3 cm³/mol. The first kappa shape index (κ1) is 10.2. The molecule has 64 valence electrons. The van der Waals surface area contributed by atoms with E-state index in [0.717, 1.165) is 19.3 Å². The quantitative estimate of drug-likeness (QED) is 0.603. The van der Waals surface area contributed by atoms with Crippen molar-refractivity contribution in [3.8, 4) is 0 Å². The number of hydrogen-bond acceptors (Lipinski definition) is 1. The Kier molecular flexibility index (Phi) is 5.53. The van der Waals surface area contributed by atoms with Crippen molar-refractivity contribution in [2.75, 3.05) is 0 Å². The van der Waals surface area contributed by atoms with Crippen LogP contribution in [0.15, 0.2) is 12.7 Å². The second kappa shape index (κ2) is 5.96. The van der Waals surface area contributed by atoms with Crippen molar-refractivity contribution < 1.29 is 4.79 Å². The third-order valence-corrected chi connectivity index (χ3v) is 1.66. The van der Waals surface area contributed by atoms with Crippen LogP contribution >= 0.6 is 0 Å². The highest BCUT2D eigenvalue weighted by atomic mass is 16.1. The van der Waals surface area contributed by atoms with Crippen molar-refractivity contribution in [2.24, 2.45) is 0 Å². The Bertz CT molecular complexity index is 132. The van der Waals surface area contributed by atoms with E-state index in [2.05, 4.69) is 25.7 Å². The van der Waals surface area contributed by atoms with E-state index < -0.39 is 0 Å². The van der Waals surface area contributed by atoms with Gasteiger partial charge in [-0.1, -0.05) is 26.8 Å². The lowest BCUT2D eigenvalue weighted by atomic mass is 10.1. The fourth-order valence-electron chi connectivity index (χ4n) is 0.987. The Morgan fingerprint density at radius 3 is 2.64 bits per heavy atom. The molecule has 0 fully saturated rings. The van der Waals surface area contributed by atoms with Crippen molar-refractivity contribution >= 4 is 5.91 Å². The maximum absolute atomic E-state index is 10.8. The van der Waals surface area contributed by atoms with Crippen molar-refractivity contribution in [1.29, 1.82) is 0 Å². The second-order valence-corrected chi connectivity index (χ2v) is 2.61. The van der Waals surface area contributed by atoms with E-state index in [1.807, 2.05) is 0 Å². The van der Waals surface area contributed by atoms with Gasteiger partial charge in [0.05, 0.1) is 0 Å². The maximum Gasteiger partial charge on any atom is 0.243 e. The fourth-order valence-corrected chi connectivity index (χ4v) is 0.987. The largest absolute Gasteiger partial charge is 0.350 e. The molecule has 0 unspecified atom stereocenters. The van der Waals surface area contributed by atoms with E-state index in [4.69, 9.17) is 0 Å². The van der Waals surface area contributed by atoms with Gasteiger partial charge in [0.25, 0.3) is 0 Å². The van der Waals surface area contributed by atoms with Gasteiger partial charge >= 0.3 is 0 Å². The van der Waals surface area contributed by atoms with Crippen LogP contribution in [0.25, 0.3) is 0 Å². The number of hydrogen-bond donors (Lipinski definition) is 1. The standard InChI is InChI=1S/C9H17NO/c1-4-7-8(5-2)10-9(11)6-3/h6,8H,3-5,7H2,1-2H3,(H,10,11)/t8-/m1/s1. The number of carbonyl (C=O) groups is 1. The SMILES string of the molecule is C=CC(=O)N[C@H](CC)CCC. The van der Waals surface area contributed by atoms with Gasteiger partial charge in [0.15, 0.2) is 0 Å². The third-order valence-electron chi connectivity index (χ3n) is 1.66. The molecule has 0 aliphatic rings. The van der Waals surface area contributed by atoms with Gasteiger partial charge in [-0.25, -0.2) is 0 Å². The third kappa shape index (κ3) is 4.59. The van der Waals surface area contributed by atoms with Gasteiger partial charge < -0.3 is 5.32 Å². The summed E-state index contributed by atoms with van der Waals surface area (Å²) in [4.78, 5) is 10.8. The van der Waals surface area contributed by atoms with Crippen LogP contribution in [0.3, 0.4) is 0 Å². The van der Waals surface area contributed by atoms with Crippen LogP contribution in [0.1, 0.15) is 33.1 Å². The van der Waals surface area contributed by atoms with Crippen molar-refractivity contribution in [2.45, 2.75) is 39.2 Å². The van der Waals surface area contributed by atoms with E-state index >= 15 is 0 Å². The molecular weight excluding hydrogens is 138 g/mol. The van der Waals surface area contributed by atoms with E-state index in [0.29, 0.717) is 6.04 Å². The average Bonchev–Trinajstić information content (AvgIpc) is 2.03. The Hall–Kier alpha value is -0.790. The first-order valence-corrected chi connectivity index (χ1v) is 4.17. The second-order valence-electron chi connectivity index (χ2n) is 2.61. The normalized spacial score (nSPS) is 12.2. The summed E-state index contributed by atoms with van der Waals surface area (Å²) in [5.74, 6) is -0.0645. The minimum atomic E-state index is -0.0645. The van der Waals surface area contributed by atoms with Crippen molar-refractivity contribution in [3.05, 3.63) is 12.7 Å². The molecule has 11 heavy (non-hydrogen) atoms. The number of rotatable bonds is 5. The summed E-state index contributed by atoms with van der Waals surface area (Å²) in [6.07, 6.45) is 4.47. The summed E-state index contributed by atoms with van der Waals surface area (Å²) >= 11 is 0. The van der Waals surface area contributed by atoms with E-state index in [9.17, 15) is 4.79 Å². The summed E-state index contributed by atoms with van der Waals surface area (Å²) in [7, 11) is 0. The summed E-state index contributed by atoms with van der Waals surface area (Å²) in [6, 6.07) is 0.325. The molecule has 1 N–H and O–H groups in total. The van der Waals surface area contributed by atoms with Crippen LogP contribution in [0.4, 0.5) is 0 Å². The van der Waals surface area contributed by atoms with Crippen LogP contribution in [0, 0.1) is 0 Å². The number of amides is 1. The average molecular weight is 155 g/mol. The molecule has 1 atom stereocenters. The molecule has 0 rings (SSSR count). The lowest BCUT2D eigenvalue weighted by Crippen LogP contribution is -2.32. The molecule has 0 heterocycles. The zero-order valence-corrected chi connectivity index (χ0v) is 7.39. The summed E-state index contributed by atoms with van der Waals surface area (Å²) < 4.78 is 0. The van der Waals surface area contributed by atoms with Gasteiger partial charge in [-0.15, -0.1) is 0 Å². The smallest absolute Gasteiger partial charge is 0.243 e. The predicted octanol–water partition coefficient (Wildman–Crippen LogP) is 1.87. The first-order chi connectivity index (χ1) is 5.24. The molecule has 0 spiro atoms.